The lowest BCUT2D eigenvalue weighted by molar-refractivity contribution is -0.122. The number of piperidine rings is 1. The molecule has 0 spiro atoms. The predicted molar refractivity (Wildman–Crippen MR) is 78.8 cm³/mol. The molecule has 6 heteroatoms. The third-order valence-corrected chi connectivity index (χ3v) is 3.48. The lowest BCUT2D eigenvalue weighted by atomic mass is 10.0. The van der Waals surface area contributed by atoms with Crippen molar-refractivity contribution in [1.82, 2.24) is 15.5 Å². The zero-order chi connectivity index (χ0) is 15.1. The summed E-state index contributed by atoms with van der Waals surface area (Å²) in [4.78, 5) is 25.6. The van der Waals surface area contributed by atoms with Gasteiger partial charge in [-0.05, 0) is 25.0 Å². The smallest absolute Gasteiger partial charge is 0.287 e. The van der Waals surface area contributed by atoms with Crippen LogP contribution in [0.25, 0.3) is 0 Å². The van der Waals surface area contributed by atoms with Crippen molar-refractivity contribution >= 4 is 11.8 Å². The molecular weight excluding hydrogens is 270 g/mol. The first-order valence-electron chi connectivity index (χ1n) is 7.13. The van der Waals surface area contributed by atoms with Crippen molar-refractivity contribution in [2.75, 3.05) is 26.2 Å². The predicted octanol–water partition coefficient (Wildman–Crippen LogP) is 0.776. The Morgan fingerprint density at radius 3 is 2.81 bits per heavy atom. The molecule has 0 saturated carbocycles. The number of hydrogen-bond donors (Lipinski definition) is 2. The SMILES string of the molecule is C=CCNC(=O)CN1CCC(NC(=O)c2ccco2)CC1. The minimum Gasteiger partial charge on any atom is -0.459 e. The van der Waals surface area contributed by atoms with Gasteiger partial charge in [0.1, 0.15) is 0 Å². The molecule has 1 saturated heterocycles. The molecule has 1 aromatic heterocycles. The van der Waals surface area contributed by atoms with Gasteiger partial charge in [0, 0.05) is 25.7 Å². The maximum atomic E-state index is 11.9. The summed E-state index contributed by atoms with van der Waals surface area (Å²) in [5, 5.41) is 5.72. The van der Waals surface area contributed by atoms with Crippen LogP contribution in [0, 0.1) is 0 Å². The van der Waals surface area contributed by atoms with Gasteiger partial charge in [0.2, 0.25) is 5.91 Å². The van der Waals surface area contributed by atoms with E-state index in [0.717, 1.165) is 25.9 Å². The van der Waals surface area contributed by atoms with Gasteiger partial charge < -0.3 is 15.1 Å². The van der Waals surface area contributed by atoms with Gasteiger partial charge in [0.15, 0.2) is 5.76 Å². The highest BCUT2D eigenvalue weighted by Gasteiger charge is 2.22. The molecule has 2 heterocycles. The van der Waals surface area contributed by atoms with Crippen LogP contribution >= 0.6 is 0 Å². The average molecular weight is 291 g/mol. The Balaban J connectivity index is 1.69. The van der Waals surface area contributed by atoms with Crippen molar-refractivity contribution in [3.63, 3.8) is 0 Å². The van der Waals surface area contributed by atoms with Crippen molar-refractivity contribution in [2.24, 2.45) is 0 Å². The van der Waals surface area contributed by atoms with E-state index in [0.29, 0.717) is 18.8 Å². The summed E-state index contributed by atoms with van der Waals surface area (Å²) < 4.78 is 5.06. The van der Waals surface area contributed by atoms with E-state index in [1.807, 2.05) is 0 Å². The number of hydrogen-bond acceptors (Lipinski definition) is 4. The van der Waals surface area contributed by atoms with Gasteiger partial charge in [-0.15, -0.1) is 6.58 Å². The summed E-state index contributed by atoms with van der Waals surface area (Å²) in [5.41, 5.74) is 0. The molecule has 0 aliphatic carbocycles. The number of carbonyl (C=O) groups excluding carboxylic acids is 2. The fourth-order valence-corrected chi connectivity index (χ4v) is 2.34. The number of amides is 2. The standard InChI is InChI=1S/C15H21N3O3/c1-2-7-16-14(19)11-18-8-5-12(6-9-18)17-15(20)13-4-3-10-21-13/h2-4,10,12H,1,5-9,11H2,(H,16,19)(H,17,20). The summed E-state index contributed by atoms with van der Waals surface area (Å²) in [5.74, 6) is 0.163. The van der Waals surface area contributed by atoms with E-state index in [1.165, 1.54) is 6.26 Å². The molecule has 2 rings (SSSR count). The first-order chi connectivity index (χ1) is 10.2. The third-order valence-electron chi connectivity index (χ3n) is 3.48. The quantitative estimate of drug-likeness (QED) is 0.759. The monoisotopic (exact) mass is 291 g/mol. The van der Waals surface area contributed by atoms with Gasteiger partial charge in [-0.25, -0.2) is 0 Å². The fourth-order valence-electron chi connectivity index (χ4n) is 2.34. The van der Waals surface area contributed by atoms with E-state index in [9.17, 15) is 9.59 Å². The van der Waals surface area contributed by atoms with Crippen molar-refractivity contribution in [3.05, 3.63) is 36.8 Å². The number of nitrogens with zero attached hydrogens (tertiary/aromatic N) is 1. The minimum absolute atomic E-state index is 0.00738. The number of carbonyl (C=O) groups is 2. The highest BCUT2D eigenvalue weighted by atomic mass is 16.3. The van der Waals surface area contributed by atoms with Crippen molar-refractivity contribution < 1.29 is 14.0 Å². The second-order valence-corrected chi connectivity index (χ2v) is 5.09. The first kappa shape index (κ1) is 15.3. The van der Waals surface area contributed by atoms with Crippen LogP contribution in [0.4, 0.5) is 0 Å². The highest BCUT2D eigenvalue weighted by molar-refractivity contribution is 5.91. The van der Waals surface area contributed by atoms with E-state index >= 15 is 0 Å². The molecule has 2 amide bonds. The molecule has 1 fully saturated rings. The van der Waals surface area contributed by atoms with Gasteiger partial charge in [-0.1, -0.05) is 6.08 Å². The molecule has 0 radical (unpaired) electrons. The van der Waals surface area contributed by atoms with E-state index in [-0.39, 0.29) is 17.9 Å². The number of furan rings is 1. The Hall–Kier alpha value is -2.08. The lowest BCUT2D eigenvalue weighted by Crippen LogP contribution is -2.47. The van der Waals surface area contributed by atoms with Gasteiger partial charge in [0.25, 0.3) is 5.91 Å². The van der Waals surface area contributed by atoms with E-state index < -0.39 is 0 Å². The molecule has 1 aliphatic heterocycles. The maximum Gasteiger partial charge on any atom is 0.287 e. The second kappa shape index (κ2) is 7.64. The molecule has 1 aliphatic rings. The van der Waals surface area contributed by atoms with Crippen molar-refractivity contribution in [2.45, 2.75) is 18.9 Å². The van der Waals surface area contributed by atoms with Crippen LogP contribution in [0.1, 0.15) is 23.4 Å². The molecule has 0 bridgehead atoms. The average Bonchev–Trinajstić information content (AvgIpc) is 3.01. The lowest BCUT2D eigenvalue weighted by Gasteiger charge is -2.31. The van der Waals surface area contributed by atoms with Crippen LogP contribution in [0.15, 0.2) is 35.5 Å². The minimum atomic E-state index is -0.179. The zero-order valence-electron chi connectivity index (χ0n) is 12.0. The Morgan fingerprint density at radius 1 is 1.43 bits per heavy atom. The van der Waals surface area contributed by atoms with Crippen LogP contribution in [0.2, 0.25) is 0 Å². The van der Waals surface area contributed by atoms with E-state index in [2.05, 4.69) is 22.1 Å². The number of rotatable bonds is 6. The molecular formula is C15H21N3O3. The van der Waals surface area contributed by atoms with Gasteiger partial charge in [-0.2, -0.15) is 0 Å². The summed E-state index contributed by atoms with van der Waals surface area (Å²) in [6.07, 6.45) is 4.82. The zero-order valence-corrected chi connectivity index (χ0v) is 12.0. The van der Waals surface area contributed by atoms with Crippen LogP contribution < -0.4 is 10.6 Å². The third kappa shape index (κ3) is 4.75. The summed E-state index contributed by atoms with van der Waals surface area (Å²) in [7, 11) is 0. The molecule has 0 atom stereocenters. The highest BCUT2D eigenvalue weighted by Crippen LogP contribution is 2.11. The van der Waals surface area contributed by atoms with E-state index in [4.69, 9.17) is 4.42 Å². The molecule has 2 N–H and O–H groups in total. The summed E-state index contributed by atoms with van der Waals surface area (Å²) in [6, 6.07) is 3.48. The van der Waals surface area contributed by atoms with Crippen molar-refractivity contribution in [1.29, 1.82) is 0 Å². The van der Waals surface area contributed by atoms with Crippen LogP contribution in [0.5, 0.6) is 0 Å². The Kier molecular flexibility index (Phi) is 5.57. The fraction of sp³-hybridized carbons (Fsp3) is 0.467. The van der Waals surface area contributed by atoms with Crippen LogP contribution in [0.3, 0.4) is 0 Å². The first-order valence-corrected chi connectivity index (χ1v) is 7.13. The molecule has 114 valence electrons. The number of likely N-dealkylation sites (tertiary alicyclic amines) is 1. The van der Waals surface area contributed by atoms with Crippen LogP contribution in [-0.2, 0) is 4.79 Å². The summed E-state index contributed by atoms with van der Waals surface area (Å²) in [6.45, 7) is 6.04. The van der Waals surface area contributed by atoms with Gasteiger partial charge >= 0.3 is 0 Å². The molecule has 1 aromatic rings. The van der Waals surface area contributed by atoms with Crippen molar-refractivity contribution in [3.8, 4) is 0 Å². The van der Waals surface area contributed by atoms with Gasteiger partial charge in [-0.3, -0.25) is 14.5 Å². The topological polar surface area (TPSA) is 74.6 Å². The molecule has 0 unspecified atom stereocenters. The Labute approximate surface area is 124 Å². The van der Waals surface area contributed by atoms with Crippen LogP contribution in [-0.4, -0.2) is 48.9 Å². The Morgan fingerprint density at radius 2 is 2.19 bits per heavy atom. The summed E-state index contributed by atoms with van der Waals surface area (Å²) >= 11 is 0. The molecule has 6 nitrogen and oxygen atoms in total. The largest absolute Gasteiger partial charge is 0.459 e. The maximum absolute atomic E-state index is 11.9. The Bertz CT molecular complexity index is 476. The van der Waals surface area contributed by atoms with E-state index in [1.54, 1.807) is 18.2 Å². The molecule has 0 aromatic carbocycles. The normalized spacial score (nSPS) is 16.4. The second-order valence-electron chi connectivity index (χ2n) is 5.09. The van der Waals surface area contributed by atoms with Gasteiger partial charge in [0.05, 0.1) is 12.8 Å². The number of nitrogens with one attached hydrogen (secondary N) is 2. The molecule has 21 heavy (non-hydrogen) atoms.